The van der Waals surface area contributed by atoms with Crippen molar-refractivity contribution < 1.29 is 9.59 Å². The van der Waals surface area contributed by atoms with Crippen LogP contribution in [0.2, 0.25) is 10.0 Å². The first-order valence-electron chi connectivity index (χ1n) is 6.18. The number of hydrogen-bond acceptors (Lipinski definition) is 2. The summed E-state index contributed by atoms with van der Waals surface area (Å²) in [5.41, 5.74) is 5.99. The minimum atomic E-state index is -0.356. The molecule has 0 aromatic heterocycles. The van der Waals surface area contributed by atoms with Crippen molar-refractivity contribution >= 4 is 41.1 Å². The van der Waals surface area contributed by atoms with E-state index in [-0.39, 0.29) is 17.7 Å². The van der Waals surface area contributed by atoms with E-state index in [0.717, 1.165) is 5.56 Å². The van der Waals surface area contributed by atoms with E-state index >= 15 is 0 Å². The Bertz CT molecular complexity index is 552. The number of carbonyl (C=O) groups is 2. The van der Waals surface area contributed by atoms with Crippen LogP contribution in [-0.2, 0) is 9.59 Å². The van der Waals surface area contributed by atoms with Gasteiger partial charge in [0.1, 0.15) is 0 Å². The summed E-state index contributed by atoms with van der Waals surface area (Å²) >= 11 is 11.8. The van der Waals surface area contributed by atoms with Gasteiger partial charge in [0.25, 0.3) is 0 Å². The number of rotatable bonds is 3. The highest BCUT2D eigenvalue weighted by molar-refractivity contribution is 6.34. The van der Waals surface area contributed by atoms with E-state index < -0.39 is 0 Å². The first-order chi connectivity index (χ1) is 9.45. The van der Waals surface area contributed by atoms with Gasteiger partial charge in [0.2, 0.25) is 11.8 Å². The third kappa shape index (κ3) is 3.74. The molecule has 1 fully saturated rings. The number of halogens is 2. The highest BCUT2D eigenvalue weighted by Gasteiger charge is 2.28. The maximum Gasteiger partial charge on any atom is 0.246 e. The van der Waals surface area contributed by atoms with Crippen molar-refractivity contribution in [1.82, 2.24) is 4.90 Å². The fourth-order valence-electron chi connectivity index (χ4n) is 2.14. The lowest BCUT2D eigenvalue weighted by atomic mass is 10.1. The van der Waals surface area contributed by atoms with Gasteiger partial charge in [-0.05, 0) is 36.3 Å². The molecular weight excluding hydrogens is 299 g/mol. The Morgan fingerprint density at radius 2 is 1.90 bits per heavy atom. The Hall–Kier alpha value is -1.52. The molecule has 0 aliphatic carbocycles. The second-order valence-corrected chi connectivity index (χ2v) is 5.58. The molecule has 6 heteroatoms. The van der Waals surface area contributed by atoms with Crippen LogP contribution in [0, 0.1) is 5.92 Å². The monoisotopic (exact) mass is 312 g/mol. The molecule has 1 saturated heterocycles. The van der Waals surface area contributed by atoms with Crippen molar-refractivity contribution in [1.29, 1.82) is 0 Å². The Kier molecular flexibility index (Phi) is 4.68. The molecule has 1 aliphatic heterocycles. The van der Waals surface area contributed by atoms with Gasteiger partial charge >= 0.3 is 0 Å². The molecule has 1 atom stereocenters. The number of nitrogens with zero attached hydrogens (tertiary/aromatic N) is 1. The molecule has 1 aromatic carbocycles. The topological polar surface area (TPSA) is 63.4 Å². The normalized spacial score (nSPS) is 18.7. The first kappa shape index (κ1) is 14.9. The third-order valence-electron chi connectivity index (χ3n) is 3.21. The number of benzene rings is 1. The molecule has 1 heterocycles. The molecule has 20 heavy (non-hydrogen) atoms. The van der Waals surface area contributed by atoms with Gasteiger partial charge in [0.05, 0.1) is 5.92 Å². The van der Waals surface area contributed by atoms with E-state index in [4.69, 9.17) is 28.9 Å². The average molecular weight is 313 g/mol. The SMILES string of the molecule is NC(=O)[C@H]1CCN(C(=O)/C=C\c2cc(Cl)cc(Cl)c2)C1. The Balaban J connectivity index is 2.01. The summed E-state index contributed by atoms with van der Waals surface area (Å²) in [5.74, 6) is -0.747. The van der Waals surface area contributed by atoms with Crippen molar-refractivity contribution in [2.45, 2.75) is 6.42 Å². The van der Waals surface area contributed by atoms with Crippen molar-refractivity contribution in [3.05, 3.63) is 39.9 Å². The quantitative estimate of drug-likeness (QED) is 0.871. The second-order valence-electron chi connectivity index (χ2n) is 4.71. The van der Waals surface area contributed by atoms with Crippen LogP contribution in [0.25, 0.3) is 6.08 Å². The molecule has 1 aliphatic rings. The third-order valence-corrected chi connectivity index (χ3v) is 3.64. The predicted octanol–water partition coefficient (Wildman–Crippen LogP) is 2.34. The Morgan fingerprint density at radius 3 is 2.45 bits per heavy atom. The summed E-state index contributed by atoms with van der Waals surface area (Å²) in [7, 11) is 0. The first-order valence-corrected chi connectivity index (χ1v) is 6.93. The van der Waals surface area contributed by atoms with Crippen LogP contribution >= 0.6 is 23.2 Å². The minimum absolute atomic E-state index is 0.148. The molecular formula is C14H14Cl2N2O2. The van der Waals surface area contributed by atoms with Crippen LogP contribution < -0.4 is 5.73 Å². The molecule has 0 unspecified atom stereocenters. The zero-order valence-corrected chi connectivity index (χ0v) is 12.2. The van der Waals surface area contributed by atoms with Gasteiger partial charge in [-0.1, -0.05) is 23.2 Å². The van der Waals surface area contributed by atoms with E-state index in [9.17, 15) is 9.59 Å². The lowest BCUT2D eigenvalue weighted by molar-refractivity contribution is -0.125. The number of hydrogen-bond donors (Lipinski definition) is 1. The molecule has 1 aromatic rings. The van der Waals surface area contributed by atoms with E-state index in [1.807, 2.05) is 0 Å². The molecule has 2 N–H and O–H groups in total. The molecule has 0 saturated carbocycles. The largest absolute Gasteiger partial charge is 0.369 e. The zero-order valence-electron chi connectivity index (χ0n) is 10.7. The van der Waals surface area contributed by atoms with Crippen molar-refractivity contribution in [2.75, 3.05) is 13.1 Å². The van der Waals surface area contributed by atoms with Crippen molar-refractivity contribution in [3.8, 4) is 0 Å². The summed E-state index contributed by atoms with van der Waals surface area (Å²) < 4.78 is 0. The maximum absolute atomic E-state index is 12.0. The van der Waals surface area contributed by atoms with Gasteiger partial charge in [-0.2, -0.15) is 0 Å². The smallest absolute Gasteiger partial charge is 0.246 e. The lowest BCUT2D eigenvalue weighted by Crippen LogP contribution is -2.30. The summed E-state index contributed by atoms with van der Waals surface area (Å²) in [4.78, 5) is 24.6. The highest BCUT2D eigenvalue weighted by atomic mass is 35.5. The molecule has 4 nitrogen and oxygen atoms in total. The standard InChI is InChI=1S/C14H14Cl2N2O2/c15-11-5-9(6-12(16)7-11)1-2-13(19)18-4-3-10(8-18)14(17)20/h1-2,5-7,10H,3-4,8H2,(H2,17,20)/b2-1-/t10-/m0/s1. The van der Waals surface area contributed by atoms with Gasteiger partial charge in [-0.15, -0.1) is 0 Å². The lowest BCUT2D eigenvalue weighted by Gasteiger charge is -2.13. The maximum atomic E-state index is 12.0. The van der Waals surface area contributed by atoms with E-state index in [2.05, 4.69) is 0 Å². The molecule has 0 bridgehead atoms. The summed E-state index contributed by atoms with van der Waals surface area (Å²) in [6.07, 6.45) is 3.72. The van der Waals surface area contributed by atoms with Crippen LogP contribution in [0.5, 0.6) is 0 Å². The van der Waals surface area contributed by atoms with Crippen LogP contribution in [0.4, 0.5) is 0 Å². The second kappa shape index (κ2) is 6.29. The van der Waals surface area contributed by atoms with Crippen molar-refractivity contribution in [3.63, 3.8) is 0 Å². The van der Waals surface area contributed by atoms with Crippen molar-refractivity contribution in [2.24, 2.45) is 11.7 Å². The molecule has 2 rings (SSSR count). The Labute approximate surface area is 127 Å². The van der Waals surface area contributed by atoms with Gasteiger partial charge < -0.3 is 10.6 Å². The molecule has 0 radical (unpaired) electrons. The van der Waals surface area contributed by atoms with Gasteiger partial charge in [-0.3, -0.25) is 9.59 Å². The minimum Gasteiger partial charge on any atom is -0.369 e. The van der Waals surface area contributed by atoms with E-state index in [1.54, 1.807) is 29.2 Å². The van der Waals surface area contributed by atoms with E-state index in [1.165, 1.54) is 6.08 Å². The number of likely N-dealkylation sites (tertiary alicyclic amines) is 1. The van der Waals surface area contributed by atoms with Gasteiger partial charge in [0.15, 0.2) is 0 Å². The van der Waals surface area contributed by atoms with Crippen LogP contribution in [0.3, 0.4) is 0 Å². The fourth-order valence-corrected chi connectivity index (χ4v) is 2.68. The summed E-state index contributed by atoms with van der Waals surface area (Å²) in [5, 5.41) is 1.03. The molecule has 106 valence electrons. The van der Waals surface area contributed by atoms with Gasteiger partial charge in [0, 0.05) is 29.2 Å². The van der Waals surface area contributed by atoms with Crippen LogP contribution in [0.1, 0.15) is 12.0 Å². The fraction of sp³-hybridized carbons (Fsp3) is 0.286. The van der Waals surface area contributed by atoms with Crippen LogP contribution in [-0.4, -0.2) is 29.8 Å². The number of nitrogens with two attached hydrogens (primary N) is 1. The van der Waals surface area contributed by atoms with Crippen LogP contribution in [0.15, 0.2) is 24.3 Å². The molecule has 2 amide bonds. The number of carbonyl (C=O) groups excluding carboxylic acids is 2. The molecule has 0 spiro atoms. The van der Waals surface area contributed by atoms with Gasteiger partial charge in [-0.25, -0.2) is 0 Å². The van der Waals surface area contributed by atoms with E-state index in [0.29, 0.717) is 29.6 Å². The number of primary amides is 1. The highest BCUT2D eigenvalue weighted by Crippen LogP contribution is 2.20. The Morgan fingerprint density at radius 1 is 1.25 bits per heavy atom. The summed E-state index contributed by atoms with van der Waals surface area (Å²) in [6, 6.07) is 5.06. The number of amides is 2. The average Bonchev–Trinajstić information content (AvgIpc) is 2.84. The zero-order chi connectivity index (χ0) is 14.7. The predicted molar refractivity (Wildman–Crippen MR) is 79.4 cm³/mol. The summed E-state index contributed by atoms with van der Waals surface area (Å²) in [6.45, 7) is 0.932.